The number of rotatable bonds is 8. The Morgan fingerprint density at radius 1 is 1.18 bits per heavy atom. The van der Waals surface area contributed by atoms with E-state index in [9.17, 15) is 9.90 Å². The van der Waals surface area contributed by atoms with Crippen LogP contribution in [-0.4, -0.2) is 58.1 Å². The zero-order chi connectivity index (χ0) is 23.0. The van der Waals surface area contributed by atoms with E-state index in [1.807, 2.05) is 41.2 Å². The van der Waals surface area contributed by atoms with Crippen LogP contribution in [0.3, 0.4) is 0 Å². The molecule has 0 radical (unpaired) electrons. The van der Waals surface area contributed by atoms with Gasteiger partial charge in [-0.2, -0.15) is 0 Å². The van der Waals surface area contributed by atoms with Crippen molar-refractivity contribution in [3.63, 3.8) is 0 Å². The number of amides is 2. The van der Waals surface area contributed by atoms with Crippen molar-refractivity contribution in [3.05, 3.63) is 60.8 Å². The maximum absolute atomic E-state index is 12.4. The first-order valence-corrected chi connectivity index (χ1v) is 11.1. The summed E-state index contributed by atoms with van der Waals surface area (Å²) in [7, 11) is 1.59. The molecular formula is C24H29N5O4. The number of carbonyl (C=O) groups excluding carboxylic acids is 1. The molecule has 0 spiro atoms. The monoisotopic (exact) mass is 451 g/mol. The molecule has 0 bridgehead atoms. The Morgan fingerprint density at radius 3 is 2.70 bits per heavy atom. The Hall–Kier alpha value is -3.43. The van der Waals surface area contributed by atoms with Crippen molar-refractivity contribution in [3.8, 4) is 17.0 Å². The molecule has 1 aliphatic heterocycles. The first-order valence-electron chi connectivity index (χ1n) is 11.1. The Kier molecular flexibility index (Phi) is 7.54. The molecule has 4 rings (SSSR count). The molecule has 3 N–H and O–H groups in total. The molecule has 174 valence electrons. The Bertz CT molecular complexity index is 1020. The number of nitrogens with zero attached hydrogens (tertiary/aromatic N) is 3. The summed E-state index contributed by atoms with van der Waals surface area (Å²) in [5, 5.41) is 24.0. The number of aryl methyl sites for hydroxylation is 1. The summed E-state index contributed by atoms with van der Waals surface area (Å²) in [5.74, 6) is 0.718. The summed E-state index contributed by atoms with van der Waals surface area (Å²) in [6.45, 7) is 0.504. The minimum absolute atomic E-state index is 0.0192. The molecule has 1 aromatic heterocycles. The van der Waals surface area contributed by atoms with Crippen LogP contribution in [0, 0.1) is 0 Å². The number of aliphatic hydroxyl groups excluding tert-OH is 1. The summed E-state index contributed by atoms with van der Waals surface area (Å²) in [5.41, 5.74) is 2.52. The van der Waals surface area contributed by atoms with Gasteiger partial charge in [-0.3, -0.25) is 4.68 Å². The number of aliphatic hydroxyl groups is 1. The van der Waals surface area contributed by atoms with E-state index in [-0.39, 0.29) is 24.8 Å². The third-order valence-electron chi connectivity index (χ3n) is 5.75. The van der Waals surface area contributed by atoms with E-state index in [4.69, 9.17) is 9.47 Å². The molecular weight excluding hydrogens is 422 g/mol. The average Bonchev–Trinajstić information content (AvgIpc) is 3.33. The zero-order valence-corrected chi connectivity index (χ0v) is 18.6. The smallest absolute Gasteiger partial charge is 0.319 e. The number of carbonyl (C=O) groups is 1. The number of hydrogen-bond donors (Lipinski definition) is 3. The summed E-state index contributed by atoms with van der Waals surface area (Å²) >= 11 is 0. The highest BCUT2D eigenvalue weighted by atomic mass is 16.5. The molecule has 9 nitrogen and oxygen atoms in total. The van der Waals surface area contributed by atoms with Gasteiger partial charge >= 0.3 is 6.03 Å². The summed E-state index contributed by atoms with van der Waals surface area (Å²) in [6.07, 6.45) is 3.70. The fourth-order valence-corrected chi connectivity index (χ4v) is 3.94. The standard InChI is InChI=1S/C24H29N5O4/c1-32-19-9-7-18(8-10-19)25-24(31)26-21-12-11-20(33-23(21)16-30)13-14-29-15-22(27-28-29)17-5-3-2-4-6-17/h2-10,15,20-21,23,30H,11-14,16H2,1H3,(H2,25,26,31)/t20-,21-,23+/m1/s1. The number of nitrogens with one attached hydrogen (secondary N) is 2. The number of ether oxygens (including phenoxy) is 2. The minimum Gasteiger partial charge on any atom is -0.497 e. The van der Waals surface area contributed by atoms with Crippen molar-refractivity contribution in [2.75, 3.05) is 19.0 Å². The molecule has 3 aromatic rings. The predicted octanol–water partition coefficient (Wildman–Crippen LogP) is 3.07. The molecule has 9 heteroatoms. The molecule has 1 aliphatic rings. The van der Waals surface area contributed by atoms with E-state index in [1.165, 1.54) is 0 Å². The van der Waals surface area contributed by atoms with Crippen LogP contribution in [0.1, 0.15) is 19.3 Å². The zero-order valence-electron chi connectivity index (χ0n) is 18.6. The lowest BCUT2D eigenvalue weighted by Gasteiger charge is -2.36. The van der Waals surface area contributed by atoms with E-state index in [0.29, 0.717) is 12.2 Å². The highest BCUT2D eigenvalue weighted by Crippen LogP contribution is 2.23. The number of anilines is 1. The van der Waals surface area contributed by atoms with Gasteiger partial charge in [0.1, 0.15) is 17.5 Å². The lowest BCUT2D eigenvalue weighted by Crippen LogP contribution is -2.52. The number of benzene rings is 2. The van der Waals surface area contributed by atoms with Crippen LogP contribution in [0.2, 0.25) is 0 Å². The normalized spacial score (nSPS) is 20.2. The van der Waals surface area contributed by atoms with Crippen molar-refractivity contribution < 1.29 is 19.4 Å². The maximum atomic E-state index is 12.4. The quantitative estimate of drug-likeness (QED) is 0.486. The second kappa shape index (κ2) is 10.9. The number of methoxy groups -OCH3 is 1. The third-order valence-corrected chi connectivity index (χ3v) is 5.75. The Morgan fingerprint density at radius 2 is 1.97 bits per heavy atom. The van der Waals surface area contributed by atoms with Crippen molar-refractivity contribution in [2.24, 2.45) is 0 Å². The van der Waals surface area contributed by atoms with E-state index in [1.54, 1.807) is 31.4 Å². The van der Waals surface area contributed by atoms with E-state index in [0.717, 1.165) is 36.3 Å². The van der Waals surface area contributed by atoms with Crippen molar-refractivity contribution in [1.29, 1.82) is 0 Å². The second-order valence-corrected chi connectivity index (χ2v) is 8.01. The molecule has 2 aromatic carbocycles. The first-order chi connectivity index (χ1) is 16.1. The van der Waals surface area contributed by atoms with Crippen LogP contribution in [0.5, 0.6) is 5.75 Å². The van der Waals surface area contributed by atoms with Crippen LogP contribution in [0.15, 0.2) is 60.8 Å². The predicted molar refractivity (Wildman–Crippen MR) is 124 cm³/mol. The van der Waals surface area contributed by atoms with Gasteiger partial charge in [0.15, 0.2) is 0 Å². The molecule has 0 unspecified atom stereocenters. The fraction of sp³-hybridized carbons (Fsp3) is 0.375. The van der Waals surface area contributed by atoms with Crippen LogP contribution in [0.4, 0.5) is 10.5 Å². The van der Waals surface area contributed by atoms with Gasteiger partial charge in [0.05, 0.1) is 32.1 Å². The van der Waals surface area contributed by atoms with E-state index in [2.05, 4.69) is 20.9 Å². The SMILES string of the molecule is COc1ccc(NC(=O)N[C@@H]2CC[C@H](CCn3cc(-c4ccccc4)nn3)O[C@H]2CO)cc1. The molecule has 1 fully saturated rings. The third kappa shape index (κ3) is 6.09. The Balaban J connectivity index is 1.25. The highest BCUT2D eigenvalue weighted by molar-refractivity contribution is 5.89. The Labute approximate surface area is 192 Å². The van der Waals surface area contributed by atoms with Crippen molar-refractivity contribution in [1.82, 2.24) is 20.3 Å². The highest BCUT2D eigenvalue weighted by Gasteiger charge is 2.31. The van der Waals surface area contributed by atoms with Gasteiger partial charge in [0, 0.05) is 17.8 Å². The average molecular weight is 452 g/mol. The molecule has 0 aliphatic carbocycles. The van der Waals surface area contributed by atoms with Crippen molar-refractivity contribution in [2.45, 2.75) is 44.1 Å². The summed E-state index contributed by atoms with van der Waals surface area (Å²) < 4.78 is 13.0. The molecule has 2 amide bonds. The van der Waals surface area contributed by atoms with Gasteiger partial charge in [-0.05, 0) is 43.5 Å². The lowest BCUT2D eigenvalue weighted by molar-refractivity contribution is -0.0905. The molecule has 2 heterocycles. The van der Waals surface area contributed by atoms with Gasteiger partial charge in [-0.1, -0.05) is 35.5 Å². The van der Waals surface area contributed by atoms with Gasteiger partial charge in [0.2, 0.25) is 0 Å². The summed E-state index contributed by atoms with van der Waals surface area (Å²) in [6, 6.07) is 16.4. The lowest BCUT2D eigenvalue weighted by atomic mass is 9.97. The van der Waals surface area contributed by atoms with Crippen LogP contribution < -0.4 is 15.4 Å². The van der Waals surface area contributed by atoms with E-state index < -0.39 is 6.10 Å². The van der Waals surface area contributed by atoms with Crippen molar-refractivity contribution >= 4 is 11.7 Å². The van der Waals surface area contributed by atoms with Gasteiger partial charge in [0.25, 0.3) is 0 Å². The maximum Gasteiger partial charge on any atom is 0.319 e. The molecule has 1 saturated heterocycles. The summed E-state index contributed by atoms with van der Waals surface area (Å²) in [4.78, 5) is 12.4. The topological polar surface area (TPSA) is 111 Å². The van der Waals surface area contributed by atoms with Gasteiger partial charge < -0.3 is 25.2 Å². The molecule has 3 atom stereocenters. The first kappa shape index (κ1) is 22.8. The number of hydrogen-bond acceptors (Lipinski definition) is 6. The largest absolute Gasteiger partial charge is 0.497 e. The fourth-order valence-electron chi connectivity index (χ4n) is 3.94. The molecule has 33 heavy (non-hydrogen) atoms. The number of aromatic nitrogens is 3. The van der Waals surface area contributed by atoms with Gasteiger partial charge in [-0.15, -0.1) is 5.10 Å². The van der Waals surface area contributed by atoms with Crippen LogP contribution >= 0.6 is 0 Å². The second-order valence-electron chi connectivity index (χ2n) is 8.01. The van der Waals surface area contributed by atoms with Gasteiger partial charge in [-0.25, -0.2) is 4.79 Å². The van der Waals surface area contributed by atoms with Crippen LogP contribution in [-0.2, 0) is 11.3 Å². The minimum atomic E-state index is -0.457. The molecule has 0 saturated carbocycles. The van der Waals surface area contributed by atoms with Crippen LogP contribution in [0.25, 0.3) is 11.3 Å². The number of urea groups is 1. The van der Waals surface area contributed by atoms with E-state index >= 15 is 0 Å².